The lowest BCUT2D eigenvalue weighted by Gasteiger charge is -2.01. The zero-order valence-electron chi connectivity index (χ0n) is 6.57. The smallest absolute Gasteiger partial charge is 0.211 e. The van der Waals surface area contributed by atoms with Gasteiger partial charge in [-0.05, 0) is 18.6 Å². The van der Waals surface area contributed by atoms with Crippen LogP contribution >= 0.6 is 0 Å². The van der Waals surface area contributed by atoms with Crippen LogP contribution in [0.5, 0.6) is 0 Å². The van der Waals surface area contributed by atoms with Gasteiger partial charge < -0.3 is 0 Å². The fourth-order valence-corrected chi connectivity index (χ4v) is 0.852. The van der Waals surface area contributed by atoms with Crippen LogP contribution in [-0.4, -0.2) is 6.08 Å². The van der Waals surface area contributed by atoms with Crippen LogP contribution in [0.2, 0.25) is 0 Å². The Hall–Kier alpha value is -1.61. The SMILES string of the molecule is Cc1cc(F)c(N=C=O)c(F)c1F. The largest absolute Gasteiger partial charge is 0.240 e. The number of aryl methyl sites for hydroxylation is 1. The lowest BCUT2D eigenvalue weighted by atomic mass is 10.2. The zero-order chi connectivity index (χ0) is 10.0. The Morgan fingerprint density at radius 2 is 1.92 bits per heavy atom. The molecular formula is C8H4F3NO. The molecule has 0 aliphatic rings. The molecule has 0 amide bonds. The van der Waals surface area contributed by atoms with Crippen molar-refractivity contribution in [3.05, 3.63) is 29.1 Å². The van der Waals surface area contributed by atoms with Gasteiger partial charge in [0.1, 0.15) is 0 Å². The van der Waals surface area contributed by atoms with Gasteiger partial charge in [0.25, 0.3) is 0 Å². The normalized spacial score (nSPS) is 9.54. The van der Waals surface area contributed by atoms with E-state index in [9.17, 15) is 18.0 Å². The Labute approximate surface area is 71.7 Å². The number of rotatable bonds is 1. The van der Waals surface area contributed by atoms with Crippen molar-refractivity contribution in [2.45, 2.75) is 6.92 Å². The van der Waals surface area contributed by atoms with Crippen molar-refractivity contribution in [1.82, 2.24) is 0 Å². The van der Waals surface area contributed by atoms with Crippen LogP contribution < -0.4 is 0 Å². The quantitative estimate of drug-likeness (QED) is 0.377. The molecule has 1 aromatic rings. The first-order valence-corrected chi connectivity index (χ1v) is 3.30. The molecule has 0 fully saturated rings. The molecule has 0 radical (unpaired) electrons. The van der Waals surface area contributed by atoms with Crippen LogP contribution in [0.3, 0.4) is 0 Å². The fourth-order valence-electron chi connectivity index (χ4n) is 0.852. The molecule has 0 spiro atoms. The third-order valence-corrected chi connectivity index (χ3v) is 1.47. The van der Waals surface area contributed by atoms with Gasteiger partial charge in [0.15, 0.2) is 23.1 Å². The highest BCUT2D eigenvalue weighted by atomic mass is 19.2. The number of benzene rings is 1. The summed E-state index contributed by atoms with van der Waals surface area (Å²) in [6.07, 6.45) is 0.941. The second kappa shape index (κ2) is 3.41. The number of aliphatic imine (C=N–C) groups is 1. The summed E-state index contributed by atoms with van der Waals surface area (Å²) in [5.74, 6) is -3.77. The standard InChI is InChI=1S/C8H4F3NO/c1-4-2-5(9)8(12-3-13)7(11)6(4)10/h2H,1H3. The van der Waals surface area contributed by atoms with Crippen molar-refractivity contribution in [3.63, 3.8) is 0 Å². The molecule has 0 saturated heterocycles. The summed E-state index contributed by atoms with van der Waals surface area (Å²) in [5.41, 5.74) is -1.13. The topological polar surface area (TPSA) is 29.4 Å². The van der Waals surface area contributed by atoms with Gasteiger partial charge in [-0.25, -0.2) is 18.0 Å². The van der Waals surface area contributed by atoms with Gasteiger partial charge >= 0.3 is 0 Å². The Balaban J connectivity index is 3.52. The first-order chi connectivity index (χ1) is 6.07. The molecule has 0 N–H and O–H groups in total. The van der Waals surface area contributed by atoms with Crippen LogP contribution in [0.15, 0.2) is 11.1 Å². The number of halogens is 3. The summed E-state index contributed by atoms with van der Waals surface area (Å²) in [7, 11) is 0. The number of hydrogen-bond acceptors (Lipinski definition) is 2. The minimum atomic E-state index is -1.47. The zero-order valence-corrected chi connectivity index (χ0v) is 6.57. The molecule has 1 rings (SSSR count). The first kappa shape index (κ1) is 9.48. The van der Waals surface area contributed by atoms with Crippen LogP contribution in [0.25, 0.3) is 0 Å². The Morgan fingerprint density at radius 1 is 1.31 bits per heavy atom. The molecule has 1 aromatic carbocycles. The summed E-state index contributed by atoms with van der Waals surface area (Å²) in [5, 5.41) is 0. The molecular weight excluding hydrogens is 183 g/mol. The first-order valence-electron chi connectivity index (χ1n) is 3.30. The van der Waals surface area contributed by atoms with E-state index in [0.29, 0.717) is 0 Å². The van der Waals surface area contributed by atoms with Crippen LogP contribution in [0.1, 0.15) is 5.56 Å². The fraction of sp³-hybridized carbons (Fsp3) is 0.125. The van der Waals surface area contributed by atoms with Crippen LogP contribution in [-0.2, 0) is 4.79 Å². The Kier molecular flexibility index (Phi) is 2.49. The molecule has 0 aliphatic heterocycles. The van der Waals surface area contributed by atoms with E-state index in [1.165, 1.54) is 6.92 Å². The Bertz CT molecular complexity index is 397. The van der Waals surface area contributed by atoms with E-state index in [1.54, 1.807) is 0 Å². The van der Waals surface area contributed by atoms with Crippen molar-refractivity contribution in [2.24, 2.45) is 4.99 Å². The minimum Gasteiger partial charge on any atom is -0.211 e. The summed E-state index contributed by atoms with van der Waals surface area (Å²) in [6.45, 7) is 1.20. The minimum absolute atomic E-state index is 0.181. The predicted octanol–water partition coefficient (Wildman–Crippen LogP) is 2.38. The maximum atomic E-state index is 12.8. The van der Waals surface area contributed by atoms with Crippen molar-refractivity contribution in [1.29, 1.82) is 0 Å². The Morgan fingerprint density at radius 3 is 2.46 bits per heavy atom. The monoisotopic (exact) mass is 187 g/mol. The molecule has 0 bridgehead atoms. The van der Waals surface area contributed by atoms with E-state index in [4.69, 9.17) is 0 Å². The molecule has 0 atom stereocenters. The number of carbonyl (C=O) groups excluding carboxylic acids is 1. The molecule has 0 unspecified atom stereocenters. The highest BCUT2D eigenvalue weighted by Crippen LogP contribution is 2.25. The third kappa shape index (κ3) is 1.60. The second-order valence-corrected chi connectivity index (χ2v) is 2.35. The van der Waals surface area contributed by atoms with E-state index >= 15 is 0 Å². The average Bonchev–Trinajstić information content (AvgIpc) is 2.09. The predicted molar refractivity (Wildman–Crippen MR) is 38.8 cm³/mol. The van der Waals surface area contributed by atoms with Gasteiger partial charge in [-0.2, -0.15) is 4.99 Å². The van der Waals surface area contributed by atoms with Crippen molar-refractivity contribution in [2.75, 3.05) is 0 Å². The summed E-state index contributed by atoms with van der Waals surface area (Å²) < 4.78 is 38.4. The average molecular weight is 187 g/mol. The lowest BCUT2D eigenvalue weighted by molar-refractivity contribution is 0.491. The van der Waals surface area contributed by atoms with Crippen molar-refractivity contribution >= 4 is 11.8 Å². The number of hydrogen-bond donors (Lipinski definition) is 0. The van der Waals surface area contributed by atoms with Crippen LogP contribution in [0, 0.1) is 24.4 Å². The van der Waals surface area contributed by atoms with Crippen LogP contribution in [0.4, 0.5) is 18.9 Å². The second-order valence-electron chi connectivity index (χ2n) is 2.35. The molecule has 0 heterocycles. The molecule has 13 heavy (non-hydrogen) atoms. The van der Waals surface area contributed by atoms with Gasteiger partial charge in [-0.1, -0.05) is 0 Å². The van der Waals surface area contributed by atoms with E-state index in [-0.39, 0.29) is 5.56 Å². The molecule has 68 valence electrons. The number of isocyanates is 1. The maximum absolute atomic E-state index is 12.8. The molecule has 0 aliphatic carbocycles. The summed E-state index contributed by atoms with van der Waals surface area (Å²) in [6, 6.07) is 0.759. The summed E-state index contributed by atoms with van der Waals surface area (Å²) in [4.78, 5) is 12.4. The highest BCUT2D eigenvalue weighted by molar-refractivity contribution is 5.51. The number of nitrogens with zero attached hydrogens (tertiary/aromatic N) is 1. The summed E-state index contributed by atoms with van der Waals surface area (Å²) >= 11 is 0. The van der Waals surface area contributed by atoms with Gasteiger partial charge in [0.2, 0.25) is 6.08 Å². The van der Waals surface area contributed by atoms with E-state index in [2.05, 4.69) is 4.99 Å². The molecule has 0 aromatic heterocycles. The molecule has 0 saturated carbocycles. The van der Waals surface area contributed by atoms with Gasteiger partial charge in [0, 0.05) is 0 Å². The van der Waals surface area contributed by atoms with Crippen molar-refractivity contribution < 1.29 is 18.0 Å². The van der Waals surface area contributed by atoms with Gasteiger partial charge in [0.05, 0.1) is 0 Å². The highest BCUT2D eigenvalue weighted by Gasteiger charge is 2.15. The van der Waals surface area contributed by atoms with Gasteiger partial charge in [-0.3, -0.25) is 0 Å². The molecule has 2 nitrogen and oxygen atoms in total. The third-order valence-electron chi connectivity index (χ3n) is 1.47. The van der Waals surface area contributed by atoms with E-state index in [0.717, 1.165) is 12.1 Å². The van der Waals surface area contributed by atoms with E-state index in [1.807, 2.05) is 0 Å². The van der Waals surface area contributed by atoms with E-state index < -0.39 is 23.1 Å². The maximum Gasteiger partial charge on any atom is 0.240 e. The molecule has 5 heteroatoms. The van der Waals surface area contributed by atoms with Crippen molar-refractivity contribution in [3.8, 4) is 0 Å². The lowest BCUT2D eigenvalue weighted by Crippen LogP contribution is -1.92. The van der Waals surface area contributed by atoms with Gasteiger partial charge in [-0.15, -0.1) is 0 Å².